The van der Waals surface area contributed by atoms with E-state index in [9.17, 15) is 18.8 Å². The summed E-state index contributed by atoms with van der Waals surface area (Å²) in [5, 5.41) is 3.34. The number of nitrogens with zero attached hydrogens (tertiary/aromatic N) is 2. The number of hydrogen-bond donors (Lipinski definition) is 1. The minimum atomic E-state index is -1.64. The molecule has 36 heavy (non-hydrogen) atoms. The predicted octanol–water partition coefficient (Wildman–Crippen LogP) is 3.41. The molecule has 184 valence electrons. The lowest BCUT2D eigenvalue weighted by Crippen LogP contribution is -2.53. The average Bonchev–Trinajstić information content (AvgIpc) is 3.39. The zero-order valence-corrected chi connectivity index (χ0v) is 20.1. The van der Waals surface area contributed by atoms with Gasteiger partial charge < -0.3 is 9.64 Å². The number of nitrogens with one attached hydrogen (secondary N) is 1. The number of amides is 2. The van der Waals surface area contributed by atoms with Gasteiger partial charge in [0.2, 0.25) is 11.8 Å². The van der Waals surface area contributed by atoms with Crippen LogP contribution in [-0.2, 0) is 24.7 Å². The lowest BCUT2D eigenvalue weighted by Gasteiger charge is -2.33. The molecule has 2 saturated heterocycles. The molecule has 0 unspecified atom stereocenters. The van der Waals surface area contributed by atoms with Crippen LogP contribution in [-0.4, -0.2) is 39.0 Å². The molecule has 0 bridgehead atoms. The molecule has 0 saturated carbocycles. The van der Waals surface area contributed by atoms with E-state index in [-0.39, 0.29) is 5.69 Å². The Bertz CT molecular complexity index is 1330. The zero-order valence-electron chi connectivity index (χ0n) is 20.1. The summed E-state index contributed by atoms with van der Waals surface area (Å²) in [6.45, 7) is 0. The molecule has 2 amide bonds. The van der Waals surface area contributed by atoms with Crippen LogP contribution in [0.2, 0.25) is 0 Å². The Morgan fingerprint density at radius 1 is 0.944 bits per heavy atom. The van der Waals surface area contributed by atoms with Gasteiger partial charge in [0.25, 0.3) is 0 Å². The van der Waals surface area contributed by atoms with E-state index in [4.69, 9.17) is 4.74 Å². The quantitative estimate of drug-likeness (QED) is 0.439. The molecule has 5 rings (SSSR count). The first-order valence-electron chi connectivity index (χ1n) is 11.6. The number of imide groups is 1. The van der Waals surface area contributed by atoms with E-state index in [0.717, 1.165) is 16.2 Å². The Hall–Kier alpha value is -4.04. The standard InChI is InChI=1S/C28H26FN3O4/c1-31(2)19-15-13-17(14-16-19)24-22-23(26(34)32(25(22)33)21-12-8-7-11-20(21)29)28(30-24,27(35)36-3)18-9-5-4-6-10-18/h4-16,22-24,30H,1-3H3/t22-,23+,24+,28+/m0/s1. The van der Waals surface area contributed by atoms with Crippen LogP contribution in [0.4, 0.5) is 15.8 Å². The summed E-state index contributed by atoms with van der Waals surface area (Å²) < 4.78 is 20.0. The van der Waals surface area contributed by atoms with Crippen molar-refractivity contribution in [2.24, 2.45) is 11.8 Å². The van der Waals surface area contributed by atoms with Crippen molar-refractivity contribution in [3.8, 4) is 0 Å². The summed E-state index contributed by atoms with van der Waals surface area (Å²) in [6, 6.07) is 21.2. The number of benzene rings is 3. The minimum absolute atomic E-state index is 0.129. The molecular formula is C28H26FN3O4. The number of para-hydroxylation sites is 1. The van der Waals surface area contributed by atoms with Crippen LogP contribution in [0, 0.1) is 17.7 Å². The van der Waals surface area contributed by atoms with E-state index >= 15 is 0 Å². The predicted molar refractivity (Wildman–Crippen MR) is 133 cm³/mol. The number of methoxy groups -OCH3 is 1. The molecule has 0 radical (unpaired) electrons. The largest absolute Gasteiger partial charge is 0.467 e. The van der Waals surface area contributed by atoms with Crippen molar-refractivity contribution in [1.82, 2.24) is 5.32 Å². The molecule has 8 heteroatoms. The number of carbonyl (C=O) groups excluding carboxylic acids is 3. The Morgan fingerprint density at radius 2 is 1.58 bits per heavy atom. The van der Waals surface area contributed by atoms with Crippen molar-refractivity contribution >= 4 is 29.2 Å². The smallest absolute Gasteiger partial charge is 0.331 e. The fourth-order valence-corrected chi connectivity index (χ4v) is 5.48. The summed E-state index contributed by atoms with van der Waals surface area (Å²) in [7, 11) is 5.09. The van der Waals surface area contributed by atoms with E-state index in [1.54, 1.807) is 36.4 Å². The third-order valence-electron chi connectivity index (χ3n) is 7.16. The molecule has 2 aliphatic heterocycles. The van der Waals surface area contributed by atoms with Gasteiger partial charge in [0.1, 0.15) is 5.82 Å². The van der Waals surface area contributed by atoms with E-state index in [1.165, 1.54) is 25.3 Å². The number of esters is 1. The van der Waals surface area contributed by atoms with E-state index in [2.05, 4.69) is 5.32 Å². The first kappa shape index (κ1) is 23.7. The van der Waals surface area contributed by atoms with Crippen molar-refractivity contribution in [3.05, 3.63) is 95.8 Å². The molecule has 2 fully saturated rings. The van der Waals surface area contributed by atoms with Crippen molar-refractivity contribution in [2.75, 3.05) is 31.0 Å². The maximum absolute atomic E-state index is 14.8. The van der Waals surface area contributed by atoms with Crippen molar-refractivity contribution < 1.29 is 23.5 Å². The highest BCUT2D eigenvalue weighted by atomic mass is 19.1. The van der Waals surface area contributed by atoms with Gasteiger partial charge in [0.05, 0.1) is 24.6 Å². The van der Waals surface area contributed by atoms with Gasteiger partial charge in [-0.05, 0) is 35.4 Å². The maximum atomic E-state index is 14.8. The molecule has 0 aliphatic carbocycles. The summed E-state index contributed by atoms with van der Waals surface area (Å²) >= 11 is 0. The van der Waals surface area contributed by atoms with Crippen LogP contribution >= 0.6 is 0 Å². The number of ether oxygens (including phenoxy) is 1. The van der Waals surface area contributed by atoms with Gasteiger partial charge in [-0.15, -0.1) is 0 Å². The van der Waals surface area contributed by atoms with Crippen LogP contribution in [0.1, 0.15) is 17.2 Å². The third kappa shape index (κ3) is 3.40. The molecule has 3 aromatic rings. The zero-order chi connectivity index (χ0) is 25.6. The maximum Gasteiger partial charge on any atom is 0.331 e. The third-order valence-corrected chi connectivity index (χ3v) is 7.16. The fraction of sp³-hybridized carbons (Fsp3) is 0.250. The van der Waals surface area contributed by atoms with E-state index < -0.39 is 47.0 Å². The van der Waals surface area contributed by atoms with Gasteiger partial charge in [0, 0.05) is 25.8 Å². The van der Waals surface area contributed by atoms with Crippen LogP contribution in [0.3, 0.4) is 0 Å². The number of anilines is 2. The molecule has 1 N–H and O–H groups in total. The van der Waals surface area contributed by atoms with Crippen LogP contribution in [0.5, 0.6) is 0 Å². The van der Waals surface area contributed by atoms with Gasteiger partial charge >= 0.3 is 5.97 Å². The van der Waals surface area contributed by atoms with Gasteiger partial charge in [-0.2, -0.15) is 0 Å². The number of rotatable bonds is 5. The highest BCUT2D eigenvalue weighted by Gasteiger charge is 2.69. The monoisotopic (exact) mass is 487 g/mol. The second-order valence-electron chi connectivity index (χ2n) is 9.24. The van der Waals surface area contributed by atoms with Crippen LogP contribution in [0.15, 0.2) is 78.9 Å². The fourth-order valence-electron chi connectivity index (χ4n) is 5.48. The second kappa shape index (κ2) is 8.87. The first-order valence-corrected chi connectivity index (χ1v) is 11.6. The Labute approximate surface area is 208 Å². The topological polar surface area (TPSA) is 79.0 Å². The number of fused-ring (bicyclic) bond motifs is 1. The highest BCUT2D eigenvalue weighted by molar-refractivity contribution is 6.24. The van der Waals surface area contributed by atoms with Gasteiger partial charge in [0.15, 0.2) is 5.54 Å². The van der Waals surface area contributed by atoms with Crippen molar-refractivity contribution in [1.29, 1.82) is 0 Å². The summed E-state index contributed by atoms with van der Waals surface area (Å²) in [6.07, 6.45) is 0. The van der Waals surface area contributed by atoms with Gasteiger partial charge in [-0.1, -0.05) is 54.6 Å². The second-order valence-corrected chi connectivity index (χ2v) is 9.24. The van der Waals surface area contributed by atoms with Gasteiger partial charge in [-0.3, -0.25) is 14.9 Å². The van der Waals surface area contributed by atoms with Crippen molar-refractivity contribution in [3.63, 3.8) is 0 Å². The first-order chi connectivity index (χ1) is 17.3. The number of hydrogen-bond acceptors (Lipinski definition) is 6. The lowest BCUT2D eigenvalue weighted by atomic mass is 9.75. The Morgan fingerprint density at radius 3 is 2.19 bits per heavy atom. The summed E-state index contributed by atoms with van der Waals surface area (Å²) in [5.41, 5.74) is 0.413. The van der Waals surface area contributed by atoms with Crippen LogP contribution < -0.4 is 15.1 Å². The Kier molecular flexibility index (Phi) is 5.84. The number of carbonyl (C=O) groups is 3. The molecule has 2 heterocycles. The Balaban J connectivity index is 1.71. The SMILES string of the molecule is COC(=O)[C@]1(c2ccccc2)N[C@H](c2ccc(N(C)C)cc2)[C@H]2C(=O)N(c3ccccc3F)C(=O)[C@@H]21. The lowest BCUT2D eigenvalue weighted by molar-refractivity contribution is -0.152. The normalized spacial score (nSPS) is 25.1. The van der Waals surface area contributed by atoms with E-state index in [0.29, 0.717) is 5.56 Å². The molecule has 3 aromatic carbocycles. The molecule has 4 atom stereocenters. The minimum Gasteiger partial charge on any atom is -0.467 e. The van der Waals surface area contributed by atoms with Gasteiger partial charge in [-0.25, -0.2) is 14.1 Å². The molecule has 2 aliphatic rings. The molecule has 0 aromatic heterocycles. The molecule has 7 nitrogen and oxygen atoms in total. The van der Waals surface area contributed by atoms with Crippen LogP contribution in [0.25, 0.3) is 0 Å². The number of halogens is 1. The summed E-state index contributed by atoms with van der Waals surface area (Å²) in [5.74, 6) is -4.69. The molecular weight excluding hydrogens is 461 g/mol. The molecule has 0 spiro atoms. The average molecular weight is 488 g/mol. The van der Waals surface area contributed by atoms with E-state index in [1.807, 2.05) is 43.3 Å². The van der Waals surface area contributed by atoms with Crippen molar-refractivity contribution in [2.45, 2.75) is 11.6 Å². The highest BCUT2D eigenvalue weighted by Crippen LogP contribution is 2.54. The summed E-state index contributed by atoms with van der Waals surface area (Å²) in [4.78, 5) is 44.2.